The first-order chi connectivity index (χ1) is 13.2. The van der Waals surface area contributed by atoms with E-state index in [-0.39, 0.29) is 0 Å². The van der Waals surface area contributed by atoms with Crippen LogP contribution in [0.2, 0.25) is 0 Å². The number of hydrogen-bond acceptors (Lipinski definition) is 5. The second-order valence-corrected chi connectivity index (χ2v) is 5.75. The Morgan fingerprint density at radius 2 is 1.56 bits per heavy atom. The highest BCUT2D eigenvalue weighted by molar-refractivity contribution is 5.99. The summed E-state index contributed by atoms with van der Waals surface area (Å²) in [6.07, 6.45) is -0.784. The smallest absolute Gasteiger partial charge is 0.490 e. The van der Waals surface area contributed by atoms with E-state index in [4.69, 9.17) is 14.2 Å². The van der Waals surface area contributed by atoms with Gasteiger partial charge in [0.15, 0.2) is 11.5 Å². The van der Waals surface area contributed by atoms with E-state index in [0.29, 0.717) is 30.5 Å². The van der Waals surface area contributed by atoms with Gasteiger partial charge in [-0.2, -0.15) is 0 Å². The molecule has 0 aliphatic carbocycles. The standard InChI is InChI=1S/C22H22O5/c1-4-25-20-14-19(27-22(23)24-3)18-13-16(15-9-7-6-8-10-15)11-12-17(18)21(20)26-5-2/h6-14H,4-5H2,1-3H3. The van der Waals surface area contributed by atoms with Crippen LogP contribution in [0.15, 0.2) is 54.6 Å². The molecule has 3 aromatic rings. The lowest BCUT2D eigenvalue weighted by molar-refractivity contribution is 0.122. The molecule has 0 aliphatic heterocycles. The van der Waals surface area contributed by atoms with Gasteiger partial charge in [-0.05, 0) is 37.1 Å². The van der Waals surface area contributed by atoms with E-state index in [1.54, 1.807) is 6.07 Å². The molecule has 0 amide bonds. The van der Waals surface area contributed by atoms with Crippen molar-refractivity contribution in [1.82, 2.24) is 0 Å². The molecule has 0 saturated heterocycles. The first-order valence-electron chi connectivity index (χ1n) is 8.85. The van der Waals surface area contributed by atoms with Crippen molar-refractivity contribution in [3.05, 3.63) is 54.6 Å². The van der Waals surface area contributed by atoms with Crippen LogP contribution in [-0.4, -0.2) is 26.5 Å². The van der Waals surface area contributed by atoms with Gasteiger partial charge in [0.2, 0.25) is 0 Å². The van der Waals surface area contributed by atoms with E-state index in [0.717, 1.165) is 21.9 Å². The molecule has 0 saturated carbocycles. The van der Waals surface area contributed by atoms with Crippen molar-refractivity contribution in [2.75, 3.05) is 20.3 Å². The van der Waals surface area contributed by atoms with Crippen LogP contribution >= 0.6 is 0 Å². The molecule has 0 bridgehead atoms. The Morgan fingerprint density at radius 1 is 0.815 bits per heavy atom. The number of hydrogen-bond donors (Lipinski definition) is 0. The number of benzene rings is 3. The van der Waals surface area contributed by atoms with Gasteiger partial charge >= 0.3 is 6.16 Å². The minimum absolute atomic E-state index is 0.363. The molecular weight excluding hydrogens is 344 g/mol. The quantitative estimate of drug-likeness (QED) is 0.429. The van der Waals surface area contributed by atoms with E-state index in [1.807, 2.05) is 62.4 Å². The topological polar surface area (TPSA) is 54.0 Å². The van der Waals surface area contributed by atoms with E-state index < -0.39 is 6.16 Å². The van der Waals surface area contributed by atoms with E-state index in [1.165, 1.54) is 7.11 Å². The van der Waals surface area contributed by atoms with E-state index >= 15 is 0 Å². The zero-order chi connectivity index (χ0) is 19.2. The number of carbonyl (C=O) groups excluding carboxylic acids is 1. The van der Waals surface area contributed by atoms with Crippen molar-refractivity contribution in [3.63, 3.8) is 0 Å². The number of fused-ring (bicyclic) bond motifs is 1. The molecule has 3 aromatic carbocycles. The van der Waals surface area contributed by atoms with Gasteiger partial charge in [-0.3, -0.25) is 0 Å². The van der Waals surface area contributed by atoms with Gasteiger partial charge in [0.1, 0.15) is 5.75 Å². The highest BCUT2D eigenvalue weighted by Gasteiger charge is 2.18. The van der Waals surface area contributed by atoms with Crippen molar-refractivity contribution in [2.45, 2.75) is 13.8 Å². The molecule has 140 valence electrons. The molecule has 0 heterocycles. The van der Waals surface area contributed by atoms with Crippen molar-refractivity contribution < 1.29 is 23.7 Å². The van der Waals surface area contributed by atoms with E-state index in [9.17, 15) is 4.79 Å². The second kappa shape index (κ2) is 8.45. The summed E-state index contributed by atoms with van der Waals surface area (Å²) in [5.41, 5.74) is 2.07. The molecule has 0 aliphatic rings. The highest BCUT2D eigenvalue weighted by Crippen LogP contribution is 2.43. The average molecular weight is 366 g/mol. The SMILES string of the molecule is CCOc1cc(OC(=O)OC)c2cc(-c3ccccc3)ccc2c1OCC. The lowest BCUT2D eigenvalue weighted by atomic mass is 10.00. The molecule has 0 radical (unpaired) electrons. The Hall–Kier alpha value is -3.21. The van der Waals surface area contributed by atoms with Crippen molar-refractivity contribution in [2.24, 2.45) is 0 Å². The minimum Gasteiger partial charge on any atom is -0.490 e. The van der Waals surface area contributed by atoms with Crippen molar-refractivity contribution in [1.29, 1.82) is 0 Å². The Bertz CT molecular complexity index is 934. The van der Waals surface area contributed by atoms with Crippen molar-refractivity contribution in [3.8, 4) is 28.4 Å². The Kier molecular flexibility index (Phi) is 5.81. The van der Waals surface area contributed by atoms with Crippen LogP contribution < -0.4 is 14.2 Å². The van der Waals surface area contributed by atoms with Crippen LogP contribution in [-0.2, 0) is 4.74 Å². The van der Waals surface area contributed by atoms with Crippen LogP contribution in [0.1, 0.15) is 13.8 Å². The van der Waals surface area contributed by atoms with Crippen molar-refractivity contribution >= 4 is 16.9 Å². The van der Waals surface area contributed by atoms with Gasteiger partial charge in [0.25, 0.3) is 0 Å². The third-order valence-corrected chi connectivity index (χ3v) is 4.07. The lowest BCUT2D eigenvalue weighted by Crippen LogP contribution is -2.08. The van der Waals surface area contributed by atoms with Crippen LogP contribution in [0, 0.1) is 0 Å². The fraction of sp³-hybridized carbons (Fsp3) is 0.227. The van der Waals surface area contributed by atoms with Crippen LogP contribution in [0.25, 0.3) is 21.9 Å². The predicted octanol–water partition coefficient (Wildman–Crippen LogP) is 5.45. The molecule has 0 atom stereocenters. The summed E-state index contributed by atoms with van der Waals surface area (Å²) in [6.45, 7) is 4.76. The average Bonchev–Trinajstić information content (AvgIpc) is 2.71. The van der Waals surface area contributed by atoms with Gasteiger partial charge in [-0.15, -0.1) is 0 Å². The van der Waals surface area contributed by atoms with Crippen LogP contribution in [0.4, 0.5) is 4.79 Å². The molecular formula is C22H22O5. The Balaban J connectivity index is 2.24. The molecule has 0 fully saturated rings. The summed E-state index contributed by atoms with van der Waals surface area (Å²) in [6, 6.07) is 17.6. The summed E-state index contributed by atoms with van der Waals surface area (Å²) in [5, 5.41) is 1.55. The molecule has 5 heteroatoms. The summed E-state index contributed by atoms with van der Waals surface area (Å²) in [7, 11) is 1.28. The molecule has 3 rings (SSSR count). The second-order valence-electron chi connectivity index (χ2n) is 5.75. The normalized spacial score (nSPS) is 10.5. The monoisotopic (exact) mass is 366 g/mol. The Morgan fingerprint density at radius 3 is 2.22 bits per heavy atom. The molecule has 27 heavy (non-hydrogen) atoms. The third-order valence-electron chi connectivity index (χ3n) is 4.07. The zero-order valence-electron chi connectivity index (χ0n) is 15.7. The van der Waals surface area contributed by atoms with Crippen LogP contribution in [0.3, 0.4) is 0 Å². The van der Waals surface area contributed by atoms with Gasteiger partial charge < -0.3 is 18.9 Å². The third kappa shape index (κ3) is 3.97. The maximum atomic E-state index is 11.7. The van der Waals surface area contributed by atoms with Crippen LogP contribution in [0.5, 0.6) is 17.2 Å². The summed E-state index contributed by atoms with van der Waals surface area (Å²) >= 11 is 0. The van der Waals surface area contributed by atoms with Gasteiger partial charge in [-0.25, -0.2) is 4.79 Å². The molecule has 0 N–H and O–H groups in total. The summed E-state index contributed by atoms with van der Waals surface area (Å²) < 4.78 is 21.6. The number of carbonyl (C=O) groups is 1. The first kappa shape index (κ1) is 18.6. The summed E-state index contributed by atoms with van der Waals surface area (Å²) in [4.78, 5) is 11.7. The number of ether oxygens (including phenoxy) is 4. The number of methoxy groups -OCH3 is 1. The Labute approximate surface area is 158 Å². The maximum absolute atomic E-state index is 11.7. The fourth-order valence-corrected chi connectivity index (χ4v) is 2.92. The predicted molar refractivity (Wildman–Crippen MR) is 105 cm³/mol. The van der Waals surface area contributed by atoms with E-state index in [2.05, 4.69) is 4.74 Å². The highest BCUT2D eigenvalue weighted by atomic mass is 16.7. The molecule has 0 spiro atoms. The molecule has 0 unspecified atom stereocenters. The lowest BCUT2D eigenvalue weighted by Gasteiger charge is -2.17. The minimum atomic E-state index is -0.784. The van der Waals surface area contributed by atoms with Gasteiger partial charge in [-0.1, -0.05) is 36.4 Å². The fourth-order valence-electron chi connectivity index (χ4n) is 2.92. The summed E-state index contributed by atoms with van der Waals surface area (Å²) in [5.74, 6) is 1.52. The molecule has 5 nitrogen and oxygen atoms in total. The largest absolute Gasteiger partial charge is 0.513 e. The number of rotatable bonds is 6. The van der Waals surface area contributed by atoms with Gasteiger partial charge in [0.05, 0.1) is 20.3 Å². The van der Waals surface area contributed by atoms with Gasteiger partial charge in [0, 0.05) is 16.8 Å². The first-order valence-corrected chi connectivity index (χ1v) is 8.85. The maximum Gasteiger partial charge on any atom is 0.513 e. The zero-order valence-corrected chi connectivity index (χ0v) is 15.7. The molecule has 0 aromatic heterocycles.